The number of amides is 1. The van der Waals surface area contributed by atoms with Gasteiger partial charge in [0.2, 0.25) is 0 Å². The standard InChI is InChI=1S/C24H26N2O5/c1-15-4-3-5-16(12-15)13-20-21(27)25-23(30-20)26-10-8-24(9-11-26)19-7-6-17(29-2)14-18(19)22(28)31-24/h3-7,14-15,20H,8-13H2,1-2H3. The van der Waals surface area contributed by atoms with Gasteiger partial charge < -0.3 is 19.1 Å². The van der Waals surface area contributed by atoms with Crippen molar-refractivity contribution < 1.29 is 23.8 Å². The molecule has 31 heavy (non-hydrogen) atoms. The number of hydrogen-bond acceptors (Lipinski definition) is 6. The van der Waals surface area contributed by atoms with E-state index in [-0.39, 0.29) is 11.9 Å². The Morgan fingerprint density at radius 1 is 1.26 bits per heavy atom. The van der Waals surface area contributed by atoms with E-state index in [0.29, 0.717) is 55.6 Å². The summed E-state index contributed by atoms with van der Waals surface area (Å²) in [5.41, 5.74) is 2.06. The molecule has 1 saturated heterocycles. The molecule has 4 aliphatic rings. The number of amidine groups is 1. The number of piperidine rings is 1. The highest BCUT2D eigenvalue weighted by atomic mass is 16.6. The first-order chi connectivity index (χ1) is 15.0. The van der Waals surface area contributed by atoms with Crippen molar-refractivity contribution in [1.82, 2.24) is 4.90 Å². The molecule has 0 saturated carbocycles. The number of aliphatic imine (C=N–C) groups is 1. The lowest BCUT2D eigenvalue weighted by atomic mass is 9.84. The summed E-state index contributed by atoms with van der Waals surface area (Å²) in [5.74, 6) is 0.591. The number of esters is 1. The SMILES string of the molecule is COc1ccc2c(c1)C(=O)OC21CCN(C2=NC(=O)C(CC3=CC=CC(C)C3)O2)CC1. The highest BCUT2D eigenvalue weighted by molar-refractivity contribution is 5.99. The van der Waals surface area contributed by atoms with Gasteiger partial charge >= 0.3 is 5.97 Å². The number of allylic oxidation sites excluding steroid dienone is 3. The van der Waals surface area contributed by atoms with Gasteiger partial charge in [0, 0.05) is 37.9 Å². The fourth-order valence-electron chi connectivity index (χ4n) is 4.90. The van der Waals surface area contributed by atoms with Crippen LogP contribution in [-0.2, 0) is 19.9 Å². The Balaban J connectivity index is 1.24. The lowest BCUT2D eigenvalue weighted by molar-refractivity contribution is -0.122. The predicted molar refractivity (Wildman–Crippen MR) is 114 cm³/mol. The van der Waals surface area contributed by atoms with Crippen LogP contribution in [0.2, 0.25) is 0 Å². The number of likely N-dealkylation sites (tertiary alicyclic amines) is 1. The van der Waals surface area contributed by atoms with Crippen molar-refractivity contribution in [1.29, 1.82) is 0 Å². The van der Waals surface area contributed by atoms with Crippen LogP contribution in [0.25, 0.3) is 0 Å². The van der Waals surface area contributed by atoms with E-state index in [1.54, 1.807) is 13.2 Å². The smallest absolute Gasteiger partial charge is 0.339 e. The monoisotopic (exact) mass is 422 g/mol. The molecule has 0 aromatic heterocycles. The zero-order valence-electron chi connectivity index (χ0n) is 17.8. The van der Waals surface area contributed by atoms with E-state index in [0.717, 1.165) is 12.0 Å². The van der Waals surface area contributed by atoms with E-state index in [1.807, 2.05) is 23.1 Å². The summed E-state index contributed by atoms with van der Waals surface area (Å²) in [6.07, 6.45) is 8.49. The topological polar surface area (TPSA) is 77.4 Å². The molecule has 2 unspecified atom stereocenters. The Kier molecular flexibility index (Phi) is 4.84. The van der Waals surface area contributed by atoms with Gasteiger partial charge in [-0.1, -0.05) is 36.8 Å². The highest BCUT2D eigenvalue weighted by Crippen LogP contribution is 2.45. The normalized spacial score (nSPS) is 26.3. The Bertz CT molecular complexity index is 1020. The molecule has 3 heterocycles. The van der Waals surface area contributed by atoms with Crippen LogP contribution in [0.1, 0.15) is 48.5 Å². The van der Waals surface area contributed by atoms with Crippen LogP contribution in [0, 0.1) is 5.92 Å². The van der Waals surface area contributed by atoms with Crippen LogP contribution < -0.4 is 4.74 Å². The third kappa shape index (κ3) is 3.52. The van der Waals surface area contributed by atoms with Crippen LogP contribution in [0.5, 0.6) is 5.75 Å². The number of rotatable bonds is 3. The van der Waals surface area contributed by atoms with E-state index >= 15 is 0 Å². The molecule has 1 aromatic rings. The van der Waals surface area contributed by atoms with Gasteiger partial charge in [0.15, 0.2) is 6.10 Å². The molecule has 0 radical (unpaired) electrons. The highest BCUT2D eigenvalue weighted by Gasteiger charge is 2.48. The lowest BCUT2D eigenvalue weighted by Crippen LogP contribution is -2.45. The minimum Gasteiger partial charge on any atom is -0.497 e. The molecule has 1 amide bonds. The van der Waals surface area contributed by atoms with Crippen molar-refractivity contribution in [3.05, 3.63) is 53.1 Å². The largest absolute Gasteiger partial charge is 0.497 e. The molecule has 7 heteroatoms. The van der Waals surface area contributed by atoms with Crippen LogP contribution in [0.4, 0.5) is 0 Å². The second-order valence-electron chi connectivity index (χ2n) is 8.72. The fourth-order valence-corrected chi connectivity index (χ4v) is 4.90. The summed E-state index contributed by atoms with van der Waals surface area (Å²) >= 11 is 0. The summed E-state index contributed by atoms with van der Waals surface area (Å²) < 4.78 is 17.0. The zero-order valence-corrected chi connectivity index (χ0v) is 17.8. The number of hydrogen-bond donors (Lipinski definition) is 0. The van der Waals surface area contributed by atoms with Crippen LogP contribution in [0.15, 0.2) is 47.0 Å². The van der Waals surface area contributed by atoms with Gasteiger partial charge in [-0.2, -0.15) is 4.99 Å². The van der Waals surface area contributed by atoms with Gasteiger partial charge in [-0.15, -0.1) is 0 Å². The van der Waals surface area contributed by atoms with E-state index in [4.69, 9.17) is 14.2 Å². The Morgan fingerprint density at radius 2 is 2.06 bits per heavy atom. The van der Waals surface area contributed by atoms with Crippen molar-refractivity contribution in [3.8, 4) is 5.75 Å². The van der Waals surface area contributed by atoms with Gasteiger partial charge in [-0.25, -0.2) is 4.79 Å². The number of methoxy groups -OCH3 is 1. The average Bonchev–Trinajstić information content (AvgIpc) is 3.26. The van der Waals surface area contributed by atoms with Crippen molar-refractivity contribution in [2.75, 3.05) is 20.2 Å². The Morgan fingerprint density at radius 3 is 2.81 bits per heavy atom. The van der Waals surface area contributed by atoms with E-state index in [9.17, 15) is 9.59 Å². The summed E-state index contributed by atoms with van der Waals surface area (Å²) in [6, 6.07) is 5.91. The summed E-state index contributed by atoms with van der Waals surface area (Å²) in [5, 5.41) is 0. The fraction of sp³-hybridized carbons (Fsp3) is 0.458. The minimum atomic E-state index is -0.632. The maximum atomic E-state index is 12.4. The van der Waals surface area contributed by atoms with Crippen molar-refractivity contribution >= 4 is 17.9 Å². The van der Waals surface area contributed by atoms with Gasteiger partial charge in [0.25, 0.3) is 11.9 Å². The molecule has 5 rings (SSSR count). The molecule has 1 fully saturated rings. The number of benzene rings is 1. The minimum absolute atomic E-state index is 0.219. The summed E-state index contributed by atoms with van der Waals surface area (Å²) in [6.45, 7) is 3.36. The summed E-state index contributed by atoms with van der Waals surface area (Å²) in [4.78, 5) is 31.1. The molecule has 7 nitrogen and oxygen atoms in total. The Hall–Kier alpha value is -3.09. The molecule has 162 valence electrons. The number of nitrogens with zero attached hydrogens (tertiary/aromatic N) is 2. The van der Waals surface area contributed by atoms with Crippen LogP contribution in [0.3, 0.4) is 0 Å². The second-order valence-corrected chi connectivity index (χ2v) is 8.72. The first-order valence-electron chi connectivity index (χ1n) is 10.8. The number of carbonyl (C=O) groups is 2. The lowest BCUT2D eigenvalue weighted by Gasteiger charge is -2.38. The van der Waals surface area contributed by atoms with Crippen LogP contribution >= 0.6 is 0 Å². The van der Waals surface area contributed by atoms with Crippen LogP contribution in [-0.4, -0.2) is 49.1 Å². The molecule has 0 N–H and O–H groups in total. The van der Waals surface area contributed by atoms with Crippen molar-refractivity contribution in [3.63, 3.8) is 0 Å². The van der Waals surface area contributed by atoms with E-state index in [1.165, 1.54) is 5.57 Å². The Labute approximate surface area is 181 Å². The first-order valence-corrected chi connectivity index (χ1v) is 10.8. The maximum absolute atomic E-state index is 12.4. The first kappa shape index (κ1) is 19.8. The molecule has 1 aliphatic carbocycles. The molecule has 0 bridgehead atoms. The van der Waals surface area contributed by atoms with Gasteiger partial charge in [-0.05, 0) is 24.5 Å². The summed E-state index contributed by atoms with van der Waals surface area (Å²) in [7, 11) is 1.58. The molecular formula is C24H26N2O5. The number of fused-ring (bicyclic) bond motifs is 2. The third-order valence-corrected chi connectivity index (χ3v) is 6.60. The third-order valence-electron chi connectivity index (χ3n) is 6.60. The van der Waals surface area contributed by atoms with E-state index in [2.05, 4.69) is 24.1 Å². The second kappa shape index (κ2) is 7.55. The van der Waals surface area contributed by atoms with E-state index < -0.39 is 11.7 Å². The maximum Gasteiger partial charge on any atom is 0.339 e. The predicted octanol–water partition coefficient (Wildman–Crippen LogP) is 3.35. The number of ether oxygens (including phenoxy) is 3. The van der Waals surface area contributed by atoms with Crippen molar-refractivity contribution in [2.45, 2.75) is 44.3 Å². The number of carbonyl (C=O) groups excluding carboxylic acids is 2. The van der Waals surface area contributed by atoms with Gasteiger partial charge in [0.1, 0.15) is 11.4 Å². The average molecular weight is 422 g/mol. The quantitative estimate of drug-likeness (QED) is 0.696. The van der Waals surface area contributed by atoms with Gasteiger partial charge in [0.05, 0.1) is 12.7 Å². The molecule has 2 atom stereocenters. The molecule has 3 aliphatic heterocycles. The molecule has 1 aromatic carbocycles. The molecular weight excluding hydrogens is 396 g/mol. The van der Waals surface area contributed by atoms with Crippen molar-refractivity contribution in [2.24, 2.45) is 10.9 Å². The molecule has 1 spiro atoms. The zero-order chi connectivity index (χ0) is 21.6. The van der Waals surface area contributed by atoms with Gasteiger partial charge in [-0.3, -0.25) is 4.79 Å².